The highest BCUT2D eigenvalue weighted by Crippen LogP contribution is 2.65. The summed E-state index contributed by atoms with van der Waals surface area (Å²) in [5.74, 6) is 1.90. The van der Waals surface area contributed by atoms with Crippen molar-refractivity contribution in [2.24, 2.45) is 28.6 Å². The highest BCUT2D eigenvalue weighted by atomic mass is 19.4. The molecule has 0 bridgehead atoms. The van der Waals surface area contributed by atoms with E-state index in [9.17, 15) is 18.0 Å². The molecule has 4 aliphatic rings. The molecule has 2 nitrogen and oxygen atoms in total. The highest BCUT2D eigenvalue weighted by Gasteiger charge is 2.62. The fourth-order valence-electron chi connectivity index (χ4n) is 8.05. The van der Waals surface area contributed by atoms with E-state index >= 15 is 0 Å². The number of piperidine rings is 1. The van der Waals surface area contributed by atoms with Gasteiger partial charge in [0.2, 0.25) is 0 Å². The van der Waals surface area contributed by atoms with Gasteiger partial charge in [-0.15, -0.1) is 0 Å². The van der Waals surface area contributed by atoms with Gasteiger partial charge in [0.15, 0.2) is 0 Å². The number of hydrogen-bond acceptors (Lipinski definition) is 1. The van der Waals surface area contributed by atoms with Crippen molar-refractivity contribution in [3.05, 3.63) is 41.6 Å². The minimum Gasteiger partial charge on any atom is -0.230 e. The molecule has 3 aliphatic carbocycles. The number of benzene rings is 1. The van der Waals surface area contributed by atoms with Crippen molar-refractivity contribution in [3.8, 4) is 0 Å². The van der Waals surface area contributed by atoms with E-state index in [2.05, 4.69) is 19.9 Å². The Hall–Kier alpha value is -1.62. The first-order valence-corrected chi connectivity index (χ1v) is 11.8. The van der Waals surface area contributed by atoms with Gasteiger partial charge in [-0.1, -0.05) is 26.3 Å². The van der Waals surface area contributed by atoms with E-state index in [0.29, 0.717) is 29.4 Å². The predicted octanol–water partition coefficient (Wildman–Crippen LogP) is 7.09. The number of quaternary nitrogens is 1. The van der Waals surface area contributed by atoms with E-state index in [4.69, 9.17) is 0 Å². The van der Waals surface area contributed by atoms with Crippen molar-refractivity contribution in [2.45, 2.75) is 71.4 Å². The van der Waals surface area contributed by atoms with Gasteiger partial charge in [0.1, 0.15) is 11.4 Å². The van der Waals surface area contributed by atoms with E-state index in [0.717, 1.165) is 30.5 Å². The van der Waals surface area contributed by atoms with Gasteiger partial charge in [0.05, 0.1) is 19.0 Å². The van der Waals surface area contributed by atoms with Gasteiger partial charge in [0, 0.05) is 17.5 Å². The maximum atomic E-state index is 13.4. The summed E-state index contributed by atoms with van der Waals surface area (Å²) in [6.07, 6.45) is 6.37. The molecule has 3 fully saturated rings. The van der Waals surface area contributed by atoms with Crippen LogP contribution in [-0.4, -0.2) is 13.0 Å². The molecule has 5 heteroatoms. The molecule has 1 aromatic rings. The monoisotopic (exact) mass is 432 g/mol. The first-order chi connectivity index (χ1) is 14.5. The second kappa shape index (κ2) is 6.69. The standard InChI is InChI=1S/C26H33F3NO/c1-24-13-5-8-20(24)19-9-10-22-25(2,21(19)11-14-24)15-12-23(31)30(22,3)18-7-4-6-17(16-18)26(27,28)29/h4,6-7,10,16,19-21H,5,8-9,11-15H2,1-3H3/q+1/t19-,20-,21-,24-,25+,30?/m0/s1. The van der Waals surface area contributed by atoms with Gasteiger partial charge < -0.3 is 0 Å². The number of amides is 1. The topological polar surface area (TPSA) is 17.1 Å². The minimum atomic E-state index is -4.42. The van der Waals surface area contributed by atoms with Crippen LogP contribution in [0.3, 0.4) is 0 Å². The van der Waals surface area contributed by atoms with Gasteiger partial charge in [0.25, 0.3) is 0 Å². The first-order valence-electron chi connectivity index (χ1n) is 11.8. The Labute approximate surface area is 183 Å². The van der Waals surface area contributed by atoms with E-state index in [-0.39, 0.29) is 15.8 Å². The van der Waals surface area contributed by atoms with E-state index < -0.39 is 11.7 Å². The van der Waals surface area contributed by atoms with Gasteiger partial charge >= 0.3 is 12.1 Å². The van der Waals surface area contributed by atoms with Crippen molar-refractivity contribution in [2.75, 3.05) is 7.05 Å². The predicted molar refractivity (Wildman–Crippen MR) is 116 cm³/mol. The molecule has 1 heterocycles. The van der Waals surface area contributed by atoms with Crippen LogP contribution in [-0.2, 0) is 11.0 Å². The molecule has 0 spiro atoms. The lowest BCUT2D eigenvalue weighted by atomic mass is 9.49. The fraction of sp³-hybridized carbons (Fsp3) is 0.654. The van der Waals surface area contributed by atoms with Gasteiger partial charge in [-0.2, -0.15) is 13.2 Å². The summed E-state index contributed by atoms with van der Waals surface area (Å²) in [6, 6.07) is 5.42. The van der Waals surface area contributed by atoms with Crippen LogP contribution in [0.15, 0.2) is 36.0 Å². The number of rotatable bonds is 1. The Bertz CT molecular complexity index is 952. The smallest absolute Gasteiger partial charge is 0.230 e. The Kier molecular flexibility index (Phi) is 4.59. The summed E-state index contributed by atoms with van der Waals surface area (Å²) in [6.45, 7) is 4.76. The third-order valence-corrected chi connectivity index (χ3v) is 9.73. The lowest BCUT2D eigenvalue weighted by Crippen LogP contribution is -2.62. The van der Waals surface area contributed by atoms with Crippen molar-refractivity contribution in [3.63, 3.8) is 0 Å². The second-order valence-corrected chi connectivity index (χ2v) is 11.2. The van der Waals surface area contributed by atoms with Crippen molar-refractivity contribution in [1.82, 2.24) is 4.48 Å². The Balaban J connectivity index is 1.60. The minimum absolute atomic E-state index is 0.00279. The molecule has 168 valence electrons. The molecule has 6 atom stereocenters. The molecule has 1 aromatic carbocycles. The van der Waals surface area contributed by atoms with Crippen molar-refractivity contribution >= 4 is 11.6 Å². The second-order valence-electron chi connectivity index (χ2n) is 11.2. The SMILES string of the molecule is C[C@@]12CCC[C@H]1[C@@H]1CC=C3[C@](C)(CCC(=O)[N+]3(C)c3cccc(C(F)(F)F)c3)[C@H]1CC2. The Morgan fingerprint density at radius 2 is 1.84 bits per heavy atom. The summed E-state index contributed by atoms with van der Waals surface area (Å²) >= 11 is 0. The van der Waals surface area contributed by atoms with Crippen LogP contribution in [0.25, 0.3) is 0 Å². The maximum absolute atomic E-state index is 13.4. The van der Waals surface area contributed by atoms with Crippen LogP contribution in [0.1, 0.15) is 70.8 Å². The summed E-state index contributed by atoms with van der Waals surface area (Å²) in [4.78, 5) is 13.3. The zero-order chi connectivity index (χ0) is 22.2. The van der Waals surface area contributed by atoms with E-state index in [1.54, 1.807) is 6.07 Å². The number of nitrogens with zero attached hydrogens (tertiary/aromatic N) is 1. The van der Waals surface area contributed by atoms with Gasteiger partial charge in [-0.05, 0) is 73.8 Å². The molecule has 0 radical (unpaired) electrons. The molecule has 5 rings (SSSR count). The van der Waals surface area contributed by atoms with Crippen LogP contribution in [0.5, 0.6) is 0 Å². The summed E-state index contributed by atoms with van der Waals surface area (Å²) in [7, 11) is 1.82. The number of carbonyl (C=O) groups is 1. The summed E-state index contributed by atoms with van der Waals surface area (Å²) in [5, 5.41) is 0. The number of likely N-dealkylation sites (tertiary alicyclic amines) is 1. The molecule has 2 saturated carbocycles. The normalized spacial score (nSPS) is 42.5. The number of fused-ring (bicyclic) bond motifs is 5. The van der Waals surface area contributed by atoms with Gasteiger partial charge in [-0.25, -0.2) is 9.28 Å². The lowest BCUT2D eigenvalue weighted by Gasteiger charge is -2.58. The van der Waals surface area contributed by atoms with Crippen LogP contribution < -0.4 is 4.48 Å². The molecule has 1 unspecified atom stereocenters. The molecule has 31 heavy (non-hydrogen) atoms. The number of halogens is 3. The summed E-state index contributed by atoms with van der Waals surface area (Å²) < 4.78 is 40.2. The largest absolute Gasteiger partial charge is 0.416 e. The fourth-order valence-corrected chi connectivity index (χ4v) is 8.05. The molecule has 0 aromatic heterocycles. The number of alkyl halides is 3. The third-order valence-electron chi connectivity index (χ3n) is 9.73. The first kappa shape index (κ1) is 21.2. The van der Waals surface area contributed by atoms with Crippen LogP contribution >= 0.6 is 0 Å². The van der Waals surface area contributed by atoms with E-state index in [1.807, 2.05) is 7.05 Å². The number of carbonyl (C=O) groups excluding carboxylic acids is 1. The lowest BCUT2D eigenvalue weighted by molar-refractivity contribution is -0.138. The molecular weight excluding hydrogens is 399 g/mol. The average molecular weight is 433 g/mol. The molecule has 1 aliphatic heterocycles. The van der Waals surface area contributed by atoms with Crippen molar-refractivity contribution < 1.29 is 18.0 Å². The Morgan fingerprint density at radius 3 is 2.58 bits per heavy atom. The average Bonchev–Trinajstić information content (AvgIpc) is 3.12. The van der Waals surface area contributed by atoms with Crippen LogP contribution in [0.2, 0.25) is 0 Å². The highest BCUT2D eigenvalue weighted by molar-refractivity contribution is 5.92. The zero-order valence-electron chi connectivity index (χ0n) is 18.8. The molecule has 1 saturated heterocycles. The molecule has 1 amide bonds. The quantitative estimate of drug-likeness (QED) is 0.433. The van der Waals surface area contributed by atoms with Crippen LogP contribution in [0.4, 0.5) is 18.9 Å². The third kappa shape index (κ3) is 2.91. The number of allylic oxidation sites excluding steroid dienone is 2. The maximum Gasteiger partial charge on any atom is 0.416 e. The zero-order valence-corrected chi connectivity index (χ0v) is 18.8. The van der Waals surface area contributed by atoms with Crippen molar-refractivity contribution in [1.29, 1.82) is 0 Å². The Morgan fingerprint density at radius 1 is 1.06 bits per heavy atom. The molecule has 0 N–H and O–H groups in total. The van der Waals surface area contributed by atoms with Gasteiger partial charge in [-0.3, -0.25) is 0 Å². The van der Waals surface area contributed by atoms with E-state index in [1.165, 1.54) is 44.2 Å². The number of hydrogen-bond donors (Lipinski definition) is 0. The molecular formula is C26H33F3NO+. The summed E-state index contributed by atoms with van der Waals surface area (Å²) in [5.41, 5.74) is 1.11. The van der Waals surface area contributed by atoms with Crippen LogP contribution in [0, 0.1) is 28.6 Å².